The van der Waals surface area contributed by atoms with Crippen LogP contribution >= 0.6 is 11.8 Å². The molecule has 0 radical (unpaired) electrons. The summed E-state index contributed by atoms with van der Waals surface area (Å²) < 4.78 is 13.0. The molecule has 1 aliphatic rings. The van der Waals surface area contributed by atoms with Gasteiger partial charge >= 0.3 is 0 Å². The molecule has 0 atom stereocenters. The van der Waals surface area contributed by atoms with Gasteiger partial charge in [-0.15, -0.1) is 10.2 Å². The highest BCUT2D eigenvalue weighted by atomic mass is 32.2. The quantitative estimate of drug-likeness (QED) is 0.554. The minimum absolute atomic E-state index is 0.129. The van der Waals surface area contributed by atoms with E-state index in [0.717, 1.165) is 30.0 Å². The van der Waals surface area contributed by atoms with Gasteiger partial charge in [0, 0.05) is 11.6 Å². The predicted octanol–water partition coefficient (Wildman–Crippen LogP) is 4.18. The van der Waals surface area contributed by atoms with E-state index in [2.05, 4.69) is 20.6 Å². The maximum Gasteiger partial charge on any atom is 0.277 e. The van der Waals surface area contributed by atoms with Crippen LogP contribution in [0.25, 0.3) is 11.5 Å². The Morgan fingerprint density at radius 2 is 2.03 bits per heavy atom. The molecule has 152 valence electrons. The van der Waals surface area contributed by atoms with Crippen molar-refractivity contribution in [2.24, 2.45) is 0 Å². The first kappa shape index (κ1) is 19.5. The molecule has 0 unspecified atom stereocenters. The third-order valence-electron chi connectivity index (χ3n) is 4.75. The second kappa shape index (κ2) is 9.13. The SMILES string of the molecule is CCOc1ccc(-c2nnc(SCC(=O)Nc3ccnn3C3CCCC3)o2)cc1. The second-order valence-electron chi connectivity index (χ2n) is 6.77. The Morgan fingerprint density at radius 3 is 2.79 bits per heavy atom. The summed E-state index contributed by atoms with van der Waals surface area (Å²) >= 11 is 1.21. The molecule has 1 aliphatic carbocycles. The van der Waals surface area contributed by atoms with Crippen LogP contribution in [0, 0.1) is 0 Å². The third kappa shape index (κ3) is 4.79. The number of rotatable bonds is 8. The average molecular weight is 414 g/mol. The van der Waals surface area contributed by atoms with E-state index in [4.69, 9.17) is 9.15 Å². The van der Waals surface area contributed by atoms with Crippen molar-refractivity contribution in [2.45, 2.75) is 43.9 Å². The Bertz CT molecular complexity index is 947. The number of thioether (sulfide) groups is 1. The molecule has 0 saturated heterocycles. The maximum atomic E-state index is 12.3. The van der Waals surface area contributed by atoms with Crippen molar-refractivity contribution in [3.05, 3.63) is 36.5 Å². The van der Waals surface area contributed by atoms with Gasteiger partial charge in [0.25, 0.3) is 5.22 Å². The summed E-state index contributed by atoms with van der Waals surface area (Å²) in [7, 11) is 0. The van der Waals surface area contributed by atoms with Gasteiger partial charge in [-0.2, -0.15) is 5.10 Å². The number of hydrogen-bond acceptors (Lipinski definition) is 7. The summed E-state index contributed by atoms with van der Waals surface area (Å²) in [6, 6.07) is 9.65. The molecule has 8 nitrogen and oxygen atoms in total. The number of hydrogen-bond donors (Lipinski definition) is 1. The van der Waals surface area contributed by atoms with E-state index in [1.807, 2.05) is 41.9 Å². The zero-order valence-electron chi connectivity index (χ0n) is 16.2. The van der Waals surface area contributed by atoms with Crippen molar-refractivity contribution in [1.29, 1.82) is 0 Å². The summed E-state index contributed by atoms with van der Waals surface area (Å²) in [6.07, 6.45) is 6.36. The number of carbonyl (C=O) groups is 1. The molecule has 2 aromatic heterocycles. The molecule has 1 N–H and O–H groups in total. The van der Waals surface area contributed by atoms with E-state index in [1.165, 1.54) is 24.6 Å². The fraction of sp³-hybridized carbons (Fsp3) is 0.400. The summed E-state index contributed by atoms with van der Waals surface area (Å²) in [5.41, 5.74) is 0.803. The van der Waals surface area contributed by atoms with Gasteiger partial charge in [0.2, 0.25) is 11.8 Å². The fourth-order valence-electron chi connectivity index (χ4n) is 3.40. The van der Waals surface area contributed by atoms with E-state index in [9.17, 15) is 4.79 Å². The van der Waals surface area contributed by atoms with Gasteiger partial charge in [-0.1, -0.05) is 24.6 Å². The van der Waals surface area contributed by atoms with Crippen molar-refractivity contribution in [1.82, 2.24) is 20.0 Å². The highest BCUT2D eigenvalue weighted by molar-refractivity contribution is 7.99. The van der Waals surface area contributed by atoms with Crippen molar-refractivity contribution < 1.29 is 13.9 Å². The predicted molar refractivity (Wildman–Crippen MR) is 110 cm³/mol. The molecule has 4 rings (SSSR count). The number of nitrogens with zero attached hydrogens (tertiary/aromatic N) is 4. The maximum absolute atomic E-state index is 12.3. The van der Waals surface area contributed by atoms with Crippen LogP contribution in [0.3, 0.4) is 0 Å². The van der Waals surface area contributed by atoms with Crippen LogP contribution in [-0.4, -0.2) is 38.2 Å². The molecular formula is C20H23N5O3S. The Hall–Kier alpha value is -2.81. The molecule has 0 bridgehead atoms. The molecule has 0 aliphatic heterocycles. The van der Waals surface area contributed by atoms with Crippen molar-refractivity contribution in [3.63, 3.8) is 0 Å². The summed E-state index contributed by atoms with van der Waals surface area (Å²) in [5, 5.41) is 15.7. The first-order valence-electron chi connectivity index (χ1n) is 9.76. The zero-order chi connectivity index (χ0) is 20.1. The van der Waals surface area contributed by atoms with Gasteiger partial charge < -0.3 is 14.5 Å². The number of nitrogens with one attached hydrogen (secondary N) is 1. The Kier molecular flexibility index (Phi) is 6.14. The van der Waals surface area contributed by atoms with Gasteiger partial charge in [0.15, 0.2) is 0 Å². The minimum atomic E-state index is -0.129. The molecule has 1 fully saturated rings. The summed E-state index contributed by atoms with van der Waals surface area (Å²) in [6.45, 7) is 2.55. The van der Waals surface area contributed by atoms with Gasteiger partial charge in [-0.25, -0.2) is 4.68 Å². The monoisotopic (exact) mass is 413 g/mol. The van der Waals surface area contributed by atoms with E-state index in [-0.39, 0.29) is 11.7 Å². The van der Waals surface area contributed by atoms with Crippen LogP contribution in [0.4, 0.5) is 5.82 Å². The van der Waals surface area contributed by atoms with Gasteiger partial charge in [-0.05, 0) is 44.0 Å². The molecule has 29 heavy (non-hydrogen) atoms. The highest BCUT2D eigenvalue weighted by Crippen LogP contribution is 2.31. The molecular weight excluding hydrogens is 390 g/mol. The molecule has 3 aromatic rings. The lowest BCUT2D eigenvalue weighted by molar-refractivity contribution is -0.113. The summed E-state index contributed by atoms with van der Waals surface area (Å²) in [5.74, 6) is 1.99. The van der Waals surface area contributed by atoms with E-state index >= 15 is 0 Å². The van der Waals surface area contributed by atoms with Gasteiger partial charge in [0.1, 0.15) is 11.6 Å². The first-order valence-corrected chi connectivity index (χ1v) is 10.7. The van der Waals surface area contributed by atoms with E-state index in [1.54, 1.807) is 6.20 Å². The van der Waals surface area contributed by atoms with Crippen molar-refractivity contribution >= 4 is 23.5 Å². The summed E-state index contributed by atoms with van der Waals surface area (Å²) in [4.78, 5) is 12.3. The topological polar surface area (TPSA) is 95.1 Å². The lowest BCUT2D eigenvalue weighted by Gasteiger charge is -2.14. The van der Waals surface area contributed by atoms with Crippen LogP contribution in [0.2, 0.25) is 0 Å². The Balaban J connectivity index is 1.32. The van der Waals surface area contributed by atoms with Crippen molar-refractivity contribution in [3.8, 4) is 17.2 Å². The van der Waals surface area contributed by atoms with Gasteiger partial charge in [0.05, 0.1) is 24.6 Å². The lowest BCUT2D eigenvalue weighted by atomic mass is 10.2. The molecule has 1 saturated carbocycles. The number of carbonyl (C=O) groups excluding carboxylic acids is 1. The molecule has 1 aromatic carbocycles. The largest absolute Gasteiger partial charge is 0.494 e. The smallest absolute Gasteiger partial charge is 0.277 e. The van der Waals surface area contributed by atoms with Crippen molar-refractivity contribution in [2.75, 3.05) is 17.7 Å². The number of aromatic nitrogens is 4. The first-order chi connectivity index (χ1) is 14.2. The highest BCUT2D eigenvalue weighted by Gasteiger charge is 2.20. The molecule has 9 heteroatoms. The van der Waals surface area contributed by atoms with E-state index in [0.29, 0.717) is 23.8 Å². The Labute approximate surface area is 173 Å². The number of ether oxygens (including phenoxy) is 1. The molecule has 0 spiro atoms. The normalized spacial score (nSPS) is 14.2. The Morgan fingerprint density at radius 1 is 1.24 bits per heavy atom. The number of benzene rings is 1. The van der Waals surface area contributed by atoms with Crippen LogP contribution in [0.1, 0.15) is 38.6 Å². The van der Waals surface area contributed by atoms with Crippen LogP contribution in [0.5, 0.6) is 5.75 Å². The number of amides is 1. The van der Waals surface area contributed by atoms with Crippen LogP contribution in [-0.2, 0) is 4.79 Å². The minimum Gasteiger partial charge on any atom is -0.494 e. The zero-order valence-corrected chi connectivity index (χ0v) is 17.0. The second-order valence-corrected chi connectivity index (χ2v) is 7.69. The lowest BCUT2D eigenvalue weighted by Crippen LogP contribution is -2.19. The van der Waals surface area contributed by atoms with Gasteiger partial charge in [-0.3, -0.25) is 4.79 Å². The molecule has 2 heterocycles. The third-order valence-corrected chi connectivity index (χ3v) is 5.57. The van der Waals surface area contributed by atoms with E-state index < -0.39 is 0 Å². The van der Waals surface area contributed by atoms with Crippen LogP contribution in [0.15, 0.2) is 46.2 Å². The average Bonchev–Trinajstić information content (AvgIpc) is 3.49. The fourth-order valence-corrected chi connectivity index (χ4v) is 3.97. The molecule has 1 amide bonds. The standard InChI is InChI=1S/C20H23N5O3S/c1-2-27-16-9-7-14(8-10-16)19-23-24-20(28-19)29-13-18(26)22-17-11-12-21-25(17)15-5-3-4-6-15/h7-12,15H,2-6,13H2,1H3,(H,22,26). The number of anilines is 1. The van der Waals surface area contributed by atoms with Crippen LogP contribution < -0.4 is 10.1 Å².